The van der Waals surface area contributed by atoms with Crippen molar-refractivity contribution in [3.63, 3.8) is 0 Å². The molecule has 1 nitrogen and oxygen atoms in total. The number of aromatic nitrogens is 1. The van der Waals surface area contributed by atoms with Crippen molar-refractivity contribution in [1.82, 2.24) is 4.98 Å². The molecule has 0 aliphatic heterocycles. The predicted octanol–water partition coefficient (Wildman–Crippen LogP) is 3.50. The minimum Gasteiger partial charge on any atom is -0.249 e. The SMILES string of the molecule is Brc1ccc(Cc2nccs2)cc1. The minimum absolute atomic E-state index is 0.935. The third kappa shape index (κ3) is 2.39. The Morgan fingerprint density at radius 3 is 2.62 bits per heavy atom. The van der Waals surface area contributed by atoms with Crippen molar-refractivity contribution in [2.75, 3.05) is 0 Å². The molecule has 3 heteroatoms. The van der Waals surface area contributed by atoms with E-state index in [4.69, 9.17) is 0 Å². The first-order valence-electron chi connectivity index (χ1n) is 3.97. The summed E-state index contributed by atoms with van der Waals surface area (Å²) >= 11 is 5.11. The van der Waals surface area contributed by atoms with Gasteiger partial charge in [0.15, 0.2) is 0 Å². The Bertz CT molecular complexity index is 366. The molecule has 2 rings (SSSR count). The van der Waals surface area contributed by atoms with Gasteiger partial charge in [-0.15, -0.1) is 11.3 Å². The van der Waals surface area contributed by atoms with Crippen LogP contribution >= 0.6 is 27.3 Å². The average Bonchev–Trinajstić information content (AvgIpc) is 2.62. The molecule has 13 heavy (non-hydrogen) atoms. The number of hydrogen-bond donors (Lipinski definition) is 0. The third-order valence-corrected chi connectivity index (χ3v) is 3.06. The summed E-state index contributed by atoms with van der Waals surface area (Å²) in [6.45, 7) is 0. The minimum atomic E-state index is 0.935. The highest BCUT2D eigenvalue weighted by molar-refractivity contribution is 9.10. The fourth-order valence-corrected chi connectivity index (χ4v) is 2.03. The number of thiazole rings is 1. The van der Waals surface area contributed by atoms with Crippen molar-refractivity contribution < 1.29 is 0 Å². The Labute approximate surface area is 89.6 Å². The molecular weight excluding hydrogens is 246 g/mol. The number of halogens is 1. The van der Waals surface area contributed by atoms with E-state index in [2.05, 4.69) is 45.2 Å². The molecule has 0 unspecified atom stereocenters. The Hall–Kier alpha value is -0.670. The van der Waals surface area contributed by atoms with Gasteiger partial charge in [-0.2, -0.15) is 0 Å². The van der Waals surface area contributed by atoms with Gasteiger partial charge in [0.2, 0.25) is 0 Å². The molecule has 0 amide bonds. The molecule has 66 valence electrons. The summed E-state index contributed by atoms with van der Waals surface area (Å²) < 4.78 is 1.12. The molecular formula is C10H8BrNS. The van der Waals surface area contributed by atoms with Crippen LogP contribution in [0.1, 0.15) is 10.6 Å². The summed E-state index contributed by atoms with van der Waals surface area (Å²) in [4.78, 5) is 4.24. The molecule has 0 bridgehead atoms. The summed E-state index contributed by atoms with van der Waals surface area (Å²) in [7, 11) is 0. The van der Waals surface area contributed by atoms with Gasteiger partial charge in [0.1, 0.15) is 0 Å². The van der Waals surface area contributed by atoms with Gasteiger partial charge in [-0.3, -0.25) is 0 Å². The first kappa shape index (κ1) is 8.91. The number of hydrogen-bond acceptors (Lipinski definition) is 2. The summed E-state index contributed by atoms with van der Waals surface area (Å²) in [5.41, 5.74) is 1.30. The molecule has 0 saturated carbocycles. The molecule has 0 radical (unpaired) electrons. The first-order valence-corrected chi connectivity index (χ1v) is 5.65. The quantitative estimate of drug-likeness (QED) is 0.799. The van der Waals surface area contributed by atoms with E-state index in [0.29, 0.717) is 0 Å². The van der Waals surface area contributed by atoms with E-state index in [0.717, 1.165) is 10.9 Å². The molecule has 1 aromatic carbocycles. The lowest BCUT2D eigenvalue weighted by Gasteiger charge is -1.97. The van der Waals surface area contributed by atoms with Crippen molar-refractivity contribution in [3.05, 3.63) is 50.9 Å². The van der Waals surface area contributed by atoms with Crippen molar-refractivity contribution in [3.8, 4) is 0 Å². The van der Waals surface area contributed by atoms with Gasteiger partial charge in [-0.1, -0.05) is 28.1 Å². The number of rotatable bonds is 2. The van der Waals surface area contributed by atoms with Crippen LogP contribution in [0.25, 0.3) is 0 Å². The summed E-state index contributed by atoms with van der Waals surface area (Å²) in [6, 6.07) is 8.35. The van der Waals surface area contributed by atoms with E-state index >= 15 is 0 Å². The van der Waals surface area contributed by atoms with Crippen molar-refractivity contribution in [1.29, 1.82) is 0 Å². The maximum atomic E-state index is 4.24. The van der Waals surface area contributed by atoms with Crippen LogP contribution in [-0.2, 0) is 6.42 Å². The molecule has 0 spiro atoms. The van der Waals surface area contributed by atoms with Gasteiger partial charge in [0.05, 0.1) is 5.01 Å². The average molecular weight is 254 g/mol. The number of benzene rings is 1. The van der Waals surface area contributed by atoms with Crippen LogP contribution in [0.2, 0.25) is 0 Å². The molecule has 0 N–H and O–H groups in total. The highest BCUT2D eigenvalue weighted by Crippen LogP contribution is 2.15. The van der Waals surface area contributed by atoms with E-state index < -0.39 is 0 Å². The molecule has 0 atom stereocenters. The van der Waals surface area contributed by atoms with Crippen LogP contribution < -0.4 is 0 Å². The summed E-state index contributed by atoms with van der Waals surface area (Å²) in [5, 5.41) is 3.18. The third-order valence-electron chi connectivity index (χ3n) is 1.75. The Morgan fingerprint density at radius 2 is 2.00 bits per heavy atom. The maximum absolute atomic E-state index is 4.24. The normalized spacial score (nSPS) is 10.2. The highest BCUT2D eigenvalue weighted by Gasteiger charge is 1.97. The molecule has 2 aromatic rings. The van der Waals surface area contributed by atoms with Crippen molar-refractivity contribution in [2.24, 2.45) is 0 Å². The van der Waals surface area contributed by atoms with Gasteiger partial charge < -0.3 is 0 Å². The summed E-state index contributed by atoms with van der Waals surface area (Å²) in [6.07, 6.45) is 2.78. The lowest BCUT2D eigenvalue weighted by Crippen LogP contribution is -1.85. The van der Waals surface area contributed by atoms with Crippen molar-refractivity contribution in [2.45, 2.75) is 6.42 Å². The van der Waals surface area contributed by atoms with Gasteiger partial charge >= 0.3 is 0 Å². The Balaban J connectivity index is 2.15. The molecule has 0 saturated heterocycles. The molecule has 1 aromatic heterocycles. The number of nitrogens with zero attached hydrogens (tertiary/aromatic N) is 1. The van der Waals surface area contributed by atoms with Crippen LogP contribution in [0.15, 0.2) is 40.3 Å². The lowest BCUT2D eigenvalue weighted by atomic mass is 10.2. The van der Waals surface area contributed by atoms with Crippen LogP contribution in [0.5, 0.6) is 0 Å². The zero-order chi connectivity index (χ0) is 9.10. The smallest absolute Gasteiger partial charge is 0.0968 e. The first-order chi connectivity index (χ1) is 6.34. The second kappa shape index (κ2) is 4.03. The monoisotopic (exact) mass is 253 g/mol. The second-order valence-electron chi connectivity index (χ2n) is 2.73. The zero-order valence-corrected chi connectivity index (χ0v) is 9.31. The maximum Gasteiger partial charge on any atom is 0.0968 e. The van der Waals surface area contributed by atoms with Gasteiger partial charge in [0.25, 0.3) is 0 Å². The zero-order valence-electron chi connectivity index (χ0n) is 6.90. The predicted molar refractivity (Wildman–Crippen MR) is 59.1 cm³/mol. The summed E-state index contributed by atoms with van der Waals surface area (Å²) in [5.74, 6) is 0. The topological polar surface area (TPSA) is 12.9 Å². The Morgan fingerprint density at radius 1 is 1.23 bits per heavy atom. The lowest BCUT2D eigenvalue weighted by molar-refractivity contribution is 1.14. The Kier molecular flexibility index (Phi) is 2.76. The van der Waals surface area contributed by atoms with E-state index in [9.17, 15) is 0 Å². The molecule has 0 fully saturated rings. The van der Waals surface area contributed by atoms with E-state index in [1.165, 1.54) is 10.6 Å². The standard InChI is InChI=1S/C10H8BrNS/c11-9-3-1-8(2-4-9)7-10-12-5-6-13-10/h1-6H,7H2. The van der Waals surface area contributed by atoms with Crippen LogP contribution in [-0.4, -0.2) is 4.98 Å². The van der Waals surface area contributed by atoms with Crippen LogP contribution in [0.4, 0.5) is 0 Å². The fraction of sp³-hybridized carbons (Fsp3) is 0.100. The fourth-order valence-electron chi connectivity index (χ4n) is 1.12. The molecule has 0 aliphatic rings. The van der Waals surface area contributed by atoms with Crippen LogP contribution in [0, 0.1) is 0 Å². The molecule has 1 heterocycles. The van der Waals surface area contributed by atoms with Crippen molar-refractivity contribution >= 4 is 27.3 Å². The van der Waals surface area contributed by atoms with Gasteiger partial charge in [0, 0.05) is 22.5 Å². The van der Waals surface area contributed by atoms with E-state index in [1.807, 2.05) is 11.6 Å². The highest BCUT2D eigenvalue weighted by atomic mass is 79.9. The van der Waals surface area contributed by atoms with Gasteiger partial charge in [-0.05, 0) is 17.7 Å². The second-order valence-corrected chi connectivity index (χ2v) is 4.62. The van der Waals surface area contributed by atoms with Crippen LogP contribution in [0.3, 0.4) is 0 Å². The largest absolute Gasteiger partial charge is 0.249 e. The molecule has 0 aliphatic carbocycles. The van der Waals surface area contributed by atoms with Gasteiger partial charge in [-0.25, -0.2) is 4.98 Å². The van der Waals surface area contributed by atoms with E-state index in [1.54, 1.807) is 11.3 Å². The van der Waals surface area contributed by atoms with E-state index in [-0.39, 0.29) is 0 Å².